The predicted molar refractivity (Wildman–Crippen MR) is 51.4 cm³/mol. The maximum Gasteiger partial charge on any atom is 0.255 e. The van der Waals surface area contributed by atoms with Crippen molar-refractivity contribution in [1.82, 2.24) is 10.2 Å². The molecule has 0 spiro atoms. The van der Waals surface area contributed by atoms with E-state index in [0.717, 1.165) is 4.90 Å². The maximum atomic E-state index is 11.9. The summed E-state index contributed by atoms with van der Waals surface area (Å²) in [6, 6.07) is 0.309. The molecular weight excluding hydrogens is 190 g/mol. The van der Waals surface area contributed by atoms with E-state index in [1.165, 1.54) is 7.05 Å². The predicted octanol–water partition coefficient (Wildman–Crippen LogP) is 1.10. The van der Waals surface area contributed by atoms with Gasteiger partial charge in [0.2, 0.25) is 5.91 Å². The molecule has 0 bridgehead atoms. The quantitative estimate of drug-likeness (QED) is 0.709. The number of carbonyl (C=O) groups excluding carboxylic acids is 1. The van der Waals surface area contributed by atoms with Gasteiger partial charge < -0.3 is 10.2 Å². The number of nitrogens with one attached hydrogen (secondary N) is 1. The Morgan fingerprint density at radius 2 is 2.00 bits per heavy atom. The van der Waals surface area contributed by atoms with Crippen LogP contribution >= 0.6 is 0 Å². The van der Waals surface area contributed by atoms with Gasteiger partial charge in [0.05, 0.1) is 6.54 Å². The molecule has 0 aromatic rings. The first-order valence-electron chi connectivity index (χ1n) is 4.69. The molecule has 0 aromatic heterocycles. The third-order valence-corrected chi connectivity index (χ3v) is 1.73. The molecule has 0 aliphatic rings. The molecule has 1 N–H and O–H groups in total. The van der Waals surface area contributed by atoms with Crippen LogP contribution in [0.1, 0.15) is 20.3 Å². The Hall–Kier alpha value is -0.710. The molecule has 0 fully saturated rings. The third-order valence-electron chi connectivity index (χ3n) is 1.73. The van der Waals surface area contributed by atoms with E-state index in [0.29, 0.717) is 12.6 Å². The van der Waals surface area contributed by atoms with E-state index in [2.05, 4.69) is 5.32 Å². The van der Waals surface area contributed by atoms with E-state index in [-0.39, 0.29) is 12.3 Å². The topological polar surface area (TPSA) is 32.3 Å². The Morgan fingerprint density at radius 3 is 2.43 bits per heavy atom. The standard InChI is InChI=1S/C9H18F2N2O/c1-7(2)12-5-4-9(14)13(3)6-8(10)11/h7-8,12H,4-6H2,1-3H3. The van der Waals surface area contributed by atoms with Crippen molar-refractivity contribution >= 4 is 5.91 Å². The molecular formula is C9H18F2N2O. The minimum Gasteiger partial charge on any atom is -0.340 e. The average molecular weight is 208 g/mol. The molecule has 84 valence electrons. The Kier molecular flexibility index (Phi) is 6.36. The van der Waals surface area contributed by atoms with Gasteiger partial charge in [-0.1, -0.05) is 13.8 Å². The Morgan fingerprint density at radius 1 is 1.43 bits per heavy atom. The fourth-order valence-electron chi connectivity index (χ4n) is 0.967. The lowest BCUT2D eigenvalue weighted by Crippen LogP contribution is -2.34. The summed E-state index contributed by atoms with van der Waals surface area (Å²) >= 11 is 0. The SMILES string of the molecule is CC(C)NCCC(=O)N(C)CC(F)F. The van der Waals surface area contributed by atoms with Crippen LogP contribution in [0.4, 0.5) is 8.78 Å². The summed E-state index contributed by atoms with van der Waals surface area (Å²) in [5, 5.41) is 3.05. The van der Waals surface area contributed by atoms with Crippen molar-refractivity contribution in [3.8, 4) is 0 Å². The minimum atomic E-state index is -2.46. The molecule has 0 aliphatic carbocycles. The lowest BCUT2D eigenvalue weighted by atomic mass is 10.3. The second-order valence-electron chi connectivity index (χ2n) is 3.52. The fourth-order valence-corrected chi connectivity index (χ4v) is 0.967. The van der Waals surface area contributed by atoms with Crippen LogP contribution in [0.2, 0.25) is 0 Å². The Bertz CT molecular complexity index is 174. The molecule has 0 aliphatic heterocycles. The fraction of sp³-hybridized carbons (Fsp3) is 0.889. The number of hydrogen-bond acceptors (Lipinski definition) is 2. The van der Waals surface area contributed by atoms with Crippen molar-refractivity contribution < 1.29 is 13.6 Å². The summed E-state index contributed by atoms with van der Waals surface area (Å²) < 4.78 is 23.8. The van der Waals surface area contributed by atoms with Crippen LogP contribution in [-0.2, 0) is 4.79 Å². The molecule has 0 saturated heterocycles. The summed E-state index contributed by atoms with van der Waals surface area (Å²) in [6.45, 7) is 3.98. The molecule has 0 radical (unpaired) electrons. The molecule has 0 atom stereocenters. The normalized spacial score (nSPS) is 11.1. The summed E-state index contributed by atoms with van der Waals surface area (Å²) in [7, 11) is 1.39. The Balaban J connectivity index is 3.62. The molecule has 5 heteroatoms. The van der Waals surface area contributed by atoms with Crippen molar-refractivity contribution in [1.29, 1.82) is 0 Å². The van der Waals surface area contributed by atoms with E-state index in [1.807, 2.05) is 13.8 Å². The van der Waals surface area contributed by atoms with Gasteiger partial charge in [-0.05, 0) is 0 Å². The van der Waals surface area contributed by atoms with Gasteiger partial charge in [0.15, 0.2) is 0 Å². The highest BCUT2D eigenvalue weighted by Crippen LogP contribution is 1.97. The van der Waals surface area contributed by atoms with Gasteiger partial charge in [-0.3, -0.25) is 4.79 Å². The van der Waals surface area contributed by atoms with Crippen LogP contribution in [0, 0.1) is 0 Å². The van der Waals surface area contributed by atoms with Gasteiger partial charge in [0, 0.05) is 26.1 Å². The number of alkyl halides is 2. The summed E-state index contributed by atoms with van der Waals surface area (Å²) in [6.07, 6.45) is -2.19. The van der Waals surface area contributed by atoms with Crippen molar-refractivity contribution in [2.75, 3.05) is 20.1 Å². The highest BCUT2D eigenvalue weighted by molar-refractivity contribution is 5.76. The molecule has 0 unspecified atom stereocenters. The van der Waals surface area contributed by atoms with E-state index >= 15 is 0 Å². The monoisotopic (exact) mass is 208 g/mol. The number of nitrogens with zero attached hydrogens (tertiary/aromatic N) is 1. The Labute approximate surface area is 83.5 Å². The first-order valence-corrected chi connectivity index (χ1v) is 4.69. The van der Waals surface area contributed by atoms with Gasteiger partial charge in [0.25, 0.3) is 6.43 Å². The minimum absolute atomic E-state index is 0.251. The van der Waals surface area contributed by atoms with Crippen LogP contribution in [0.15, 0.2) is 0 Å². The van der Waals surface area contributed by atoms with Crippen molar-refractivity contribution in [3.05, 3.63) is 0 Å². The van der Waals surface area contributed by atoms with Crippen molar-refractivity contribution in [3.63, 3.8) is 0 Å². The zero-order valence-corrected chi connectivity index (χ0v) is 8.89. The van der Waals surface area contributed by atoms with E-state index in [1.54, 1.807) is 0 Å². The second kappa shape index (κ2) is 6.70. The lowest BCUT2D eigenvalue weighted by Gasteiger charge is -2.17. The van der Waals surface area contributed by atoms with Gasteiger partial charge in [0.1, 0.15) is 0 Å². The van der Waals surface area contributed by atoms with Gasteiger partial charge >= 0.3 is 0 Å². The molecule has 0 aromatic carbocycles. The van der Waals surface area contributed by atoms with E-state index < -0.39 is 13.0 Å². The number of halogens is 2. The number of hydrogen-bond donors (Lipinski definition) is 1. The number of rotatable bonds is 6. The molecule has 14 heavy (non-hydrogen) atoms. The summed E-state index contributed by atoms with van der Waals surface area (Å²) in [5.74, 6) is -0.251. The molecule has 0 heterocycles. The van der Waals surface area contributed by atoms with Crippen molar-refractivity contribution in [2.45, 2.75) is 32.7 Å². The van der Waals surface area contributed by atoms with E-state index in [4.69, 9.17) is 0 Å². The largest absolute Gasteiger partial charge is 0.340 e. The van der Waals surface area contributed by atoms with E-state index in [9.17, 15) is 13.6 Å². The lowest BCUT2D eigenvalue weighted by molar-refractivity contribution is -0.131. The smallest absolute Gasteiger partial charge is 0.255 e. The molecule has 1 amide bonds. The number of amides is 1. The first-order chi connectivity index (χ1) is 6.43. The third kappa shape index (κ3) is 6.77. The first kappa shape index (κ1) is 13.3. The number of carbonyl (C=O) groups is 1. The van der Waals surface area contributed by atoms with Gasteiger partial charge in [-0.15, -0.1) is 0 Å². The summed E-state index contributed by atoms with van der Waals surface area (Å²) in [4.78, 5) is 12.3. The zero-order chi connectivity index (χ0) is 11.1. The van der Waals surface area contributed by atoms with Gasteiger partial charge in [-0.25, -0.2) is 8.78 Å². The van der Waals surface area contributed by atoms with Crippen LogP contribution < -0.4 is 5.32 Å². The second-order valence-corrected chi connectivity index (χ2v) is 3.52. The zero-order valence-electron chi connectivity index (χ0n) is 8.89. The van der Waals surface area contributed by atoms with Gasteiger partial charge in [-0.2, -0.15) is 0 Å². The molecule has 0 rings (SSSR count). The highest BCUT2D eigenvalue weighted by Gasteiger charge is 2.13. The van der Waals surface area contributed by atoms with Crippen LogP contribution in [0.25, 0.3) is 0 Å². The molecule has 0 saturated carbocycles. The highest BCUT2D eigenvalue weighted by atomic mass is 19.3. The van der Waals surface area contributed by atoms with Crippen LogP contribution in [0.3, 0.4) is 0 Å². The van der Waals surface area contributed by atoms with Crippen molar-refractivity contribution in [2.24, 2.45) is 0 Å². The summed E-state index contributed by atoms with van der Waals surface area (Å²) in [5.41, 5.74) is 0. The van der Waals surface area contributed by atoms with Crippen LogP contribution in [-0.4, -0.2) is 43.4 Å². The maximum absolute atomic E-state index is 11.9. The van der Waals surface area contributed by atoms with Crippen LogP contribution in [0.5, 0.6) is 0 Å². The molecule has 3 nitrogen and oxygen atoms in total. The average Bonchev–Trinajstić information content (AvgIpc) is 2.01.